The Labute approximate surface area is 138 Å². The predicted molar refractivity (Wildman–Crippen MR) is 88.1 cm³/mol. The van der Waals surface area contributed by atoms with Crippen LogP contribution >= 0.6 is 23.2 Å². The van der Waals surface area contributed by atoms with Crippen molar-refractivity contribution in [3.8, 4) is 11.3 Å². The number of halogens is 2. The summed E-state index contributed by atoms with van der Waals surface area (Å²) in [5.41, 5.74) is 6.59. The third-order valence-electron chi connectivity index (χ3n) is 3.09. The van der Waals surface area contributed by atoms with Crippen molar-refractivity contribution in [2.45, 2.75) is 12.8 Å². The molecule has 116 valence electrons. The van der Waals surface area contributed by atoms with Gasteiger partial charge in [0, 0.05) is 5.56 Å². The predicted octanol–water partition coefficient (Wildman–Crippen LogP) is 2.92. The number of hydrogen-bond acceptors (Lipinski definition) is 4. The molecule has 0 atom stereocenters. The van der Waals surface area contributed by atoms with Crippen LogP contribution in [0.5, 0.6) is 0 Å². The highest BCUT2D eigenvalue weighted by Gasteiger charge is 2.07. The van der Waals surface area contributed by atoms with Crippen molar-refractivity contribution < 1.29 is 4.79 Å². The van der Waals surface area contributed by atoms with E-state index < -0.39 is 5.91 Å². The van der Waals surface area contributed by atoms with Crippen LogP contribution in [0, 0.1) is 0 Å². The lowest BCUT2D eigenvalue weighted by molar-refractivity contribution is 0.0995. The summed E-state index contributed by atoms with van der Waals surface area (Å²) in [6.07, 6.45) is 4.05. The average Bonchev–Trinajstić information content (AvgIpc) is 3.10. The van der Waals surface area contributed by atoms with Crippen molar-refractivity contribution >= 4 is 29.1 Å². The summed E-state index contributed by atoms with van der Waals surface area (Å²) in [5.74, 6) is -0.603. The normalized spacial score (nSPS) is 13.4. The van der Waals surface area contributed by atoms with Crippen molar-refractivity contribution in [2.24, 2.45) is 5.73 Å². The van der Waals surface area contributed by atoms with Crippen LogP contribution < -0.4 is 11.1 Å². The molecule has 1 aromatic carbocycles. The van der Waals surface area contributed by atoms with Gasteiger partial charge in [-0.3, -0.25) is 4.79 Å². The van der Waals surface area contributed by atoms with Crippen LogP contribution in [0.4, 0.5) is 0 Å². The van der Waals surface area contributed by atoms with Gasteiger partial charge in [-0.25, -0.2) is 9.97 Å². The van der Waals surface area contributed by atoms with E-state index in [0.29, 0.717) is 15.7 Å². The smallest absolute Gasteiger partial charge is 0.267 e. The minimum atomic E-state index is -0.603. The van der Waals surface area contributed by atoms with Crippen LogP contribution in [0.15, 0.2) is 30.6 Å². The van der Waals surface area contributed by atoms with Crippen LogP contribution in [0.1, 0.15) is 23.3 Å². The van der Waals surface area contributed by atoms with Crippen LogP contribution in [0.25, 0.3) is 11.3 Å². The van der Waals surface area contributed by atoms with Crippen LogP contribution in [-0.4, -0.2) is 29.0 Å². The minimum Gasteiger partial charge on any atom is -0.364 e. The van der Waals surface area contributed by atoms with Gasteiger partial charge in [-0.05, 0) is 44.1 Å². The van der Waals surface area contributed by atoms with E-state index in [0.717, 1.165) is 5.56 Å². The van der Waals surface area contributed by atoms with Crippen molar-refractivity contribution in [3.63, 3.8) is 0 Å². The Bertz CT molecular complexity index is 652. The lowest BCUT2D eigenvalue weighted by Crippen LogP contribution is -2.13. The largest absolute Gasteiger partial charge is 0.364 e. The lowest BCUT2D eigenvalue weighted by atomic mass is 10.1. The second-order valence-electron chi connectivity index (χ2n) is 4.74. The molecular formula is C15H16Cl2N4O. The van der Waals surface area contributed by atoms with Gasteiger partial charge in [-0.15, -0.1) is 0 Å². The Morgan fingerprint density at radius 1 is 1.09 bits per heavy atom. The first-order valence-corrected chi connectivity index (χ1v) is 7.61. The van der Waals surface area contributed by atoms with Crippen molar-refractivity contribution in [2.75, 3.05) is 13.1 Å². The fraction of sp³-hybridized carbons (Fsp3) is 0.267. The molecule has 1 fully saturated rings. The molecule has 0 spiro atoms. The van der Waals surface area contributed by atoms with E-state index >= 15 is 0 Å². The van der Waals surface area contributed by atoms with Gasteiger partial charge in [0.15, 0.2) is 0 Å². The Balaban J connectivity index is 0.000000299. The molecule has 1 saturated heterocycles. The van der Waals surface area contributed by atoms with Crippen molar-refractivity contribution in [1.29, 1.82) is 0 Å². The highest BCUT2D eigenvalue weighted by Crippen LogP contribution is 2.27. The number of nitrogens with zero attached hydrogens (tertiary/aromatic N) is 2. The molecule has 0 bridgehead atoms. The van der Waals surface area contributed by atoms with Gasteiger partial charge in [-0.2, -0.15) is 0 Å². The second kappa shape index (κ2) is 8.08. The zero-order valence-electron chi connectivity index (χ0n) is 11.9. The van der Waals surface area contributed by atoms with E-state index in [2.05, 4.69) is 15.3 Å². The molecule has 1 amide bonds. The molecule has 3 N–H and O–H groups in total. The second-order valence-corrected chi connectivity index (χ2v) is 5.55. The number of rotatable bonds is 2. The number of hydrogen-bond donors (Lipinski definition) is 2. The van der Waals surface area contributed by atoms with Crippen molar-refractivity contribution in [3.05, 3.63) is 46.3 Å². The first-order chi connectivity index (χ1) is 10.6. The van der Waals surface area contributed by atoms with Gasteiger partial charge in [0.25, 0.3) is 5.91 Å². The Kier molecular flexibility index (Phi) is 6.12. The SMILES string of the molecule is C1CCNC1.NC(=O)c1cc(-c2ccc(Cl)c(Cl)c2)ncn1. The molecule has 0 radical (unpaired) electrons. The van der Waals surface area contributed by atoms with E-state index in [1.165, 1.54) is 38.3 Å². The third-order valence-corrected chi connectivity index (χ3v) is 3.83. The number of primary amides is 1. The molecule has 0 saturated carbocycles. The fourth-order valence-corrected chi connectivity index (χ4v) is 2.23. The first-order valence-electron chi connectivity index (χ1n) is 6.86. The summed E-state index contributed by atoms with van der Waals surface area (Å²) in [6.45, 7) is 2.50. The molecule has 0 aliphatic carbocycles. The Morgan fingerprint density at radius 2 is 1.82 bits per heavy atom. The first kappa shape index (κ1) is 16.7. The van der Waals surface area contributed by atoms with Gasteiger partial charge in [-0.1, -0.05) is 29.3 Å². The van der Waals surface area contributed by atoms with E-state index in [9.17, 15) is 4.79 Å². The number of nitrogens with two attached hydrogens (primary N) is 1. The maximum atomic E-state index is 11.0. The summed E-state index contributed by atoms with van der Waals surface area (Å²) in [6, 6.07) is 6.57. The lowest BCUT2D eigenvalue weighted by Gasteiger charge is -2.03. The molecule has 22 heavy (non-hydrogen) atoms. The molecule has 0 unspecified atom stereocenters. The minimum absolute atomic E-state index is 0.154. The highest BCUT2D eigenvalue weighted by molar-refractivity contribution is 6.42. The Hall–Kier alpha value is -1.69. The maximum absolute atomic E-state index is 11.0. The van der Waals surface area contributed by atoms with Crippen LogP contribution in [0.2, 0.25) is 10.0 Å². The molecule has 7 heteroatoms. The fourth-order valence-electron chi connectivity index (χ4n) is 1.93. The summed E-state index contributed by atoms with van der Waals surface area (Å²) >= 11 is 11.7. The van der Waals surface area contributed by atoms with Gasteiger partial charge in [0.1, 0.15) is 12.0 Å². The number of amides is 1. The van der Waals surface area contributed by atoms with Crippen LogP contribution in [0.3, 0.4) is 0 Å². The average molecular weight is 339 g/mol. The molecule has 2 aromatic rings. The van der Waals surface area contributed by atoms with Gasteiger partial charge in [0.2, 0.25) is 0 Å². The number of aromatic nitrogens is 2. The van der Waals surface area contributed by atoms with E-state index in [1.54, 1.807) is 18.2 Å². The number of benzene rings is 1. The number of carbonyl (C=O) groups is 1. The molecule has 2 heterocycles. The van der Waals surface area contributed by atoms with Gasteiger partial charge < -0.3 is 11.1 Å². The highest BCUT2D eigenvalue weighted by atomic mass is 35.5. The Morgan fingerprint density at radius 3 is 2.36 bits per heavy atom. The van der Waals surface area contributed by atoms with Gasteiger partial charge in [0.05, 0.1) is 15.7 Å². The van der Waals surface area contributed by atoms with E-state index in [4.69, 9.17) is 28.9 Å². The zero-order chi connectivity index (χ0) is 15.9. The standard InChI is InChI=1S/C11H7Cl2N3O.C4H9N/c12-7-2-1-6(3-8(7)13)9-4-10(11(14)17)16-5-15-9;1-2-4-5-3-1/h1-5H,(H2,14,17);5H,1-4H2. The van der Waals surface area contributed by atoms with E-state index in [-0.39, 0.29) is 5.69 Å². The summed E-state index contributed by atoms with van der Waals surface area (Å²) < 4.78 is 0. The van der Waals surface area contributed by atoms with Crippen molar-refractivity contribution in [1.82, 2.24) is 15.3 Å². The monoisotopic (exact) mass is 338 g/mol. The summed E-state index contributed by atoms with van der Waals surface area (Å²) in [7, 11) is 0. The topological polar surface area (TPSA) is 80.9 Å². The summed E-state index contributed by atoms with van der Waals surface area (Å²) in [4.78, 5) is 18.8. The number of nitrogens with one attached hydrogen (secondary N) is 1. The van der Waals surface area contributed by atoms with Crippen LogP contribution in [-0.2, 0) is 0 Å². The van der Waals surface area contributed by atoms with E-state index in [1.807, 2.05) is 0 Å². The molecule has 1 aliphatic rings. The maximum Gasteiger partial charge on any atom is 0.267 e. The van der Waals surface area contributed by atoms with Gasteiger partial charge >= 0.3 is 0 Å². The molecule has 1 aromatic heterocycles. The molecule has 3 rings (SSSR count). The summed E-state index contributed by atoms with van der Waals surface area (Å²) in [5, 5.41) is 4.10. The number of carbonyl (C=O) groups excluding carboxylic acids is 1. The molecular weight excluding hydrogens is 323 g/mol. The molecule has 5 nitrogen and oxygen atoms in total. The third kappa shape index (κ3) is 4.66. The zero-order valence-corrected chi connectivity index (χ0v) is 13.4. The quantitative estimate of drug-likeness (QED) is 0.882. The molecule has 1 aliphatic heterocycles.